The minimum absolute atomic E-state index is 0.0440. The Labute approximate surface area is 108 Å². The molecular formula is C12H15F3O2S. The van der Waals surface area contributed by atoms with Crippen molar-refractivity contribution in [3.8, 4) is 5.75 Å². The monoisotopic (exact) mass is 280 g/mol. The second-order valence-corrected chi connectivity index (χ2v) is 4.76. The quantitative estimate of drug-likeness (QED) is 0.804. The van der Waals surface area contributed by atoms with E-state index in [1.807, 2.05) is 6.92 Å². The molecular weight excluding hydrogens is 265 g/mol. The number of rotatable bonds is 6. The molecule has 0 fully saturated rings. The summed E-state index contributed by atoms with van der Waals surface area (Å²) in [6.45, 7) is 1.78. The summed E-state index contributed by atoms with van der Waals surface area (Å²) in [4.78, 5) is 0. The van der Waals surface area contributed by atoms with Crippen molar-refractivity contribution in [3.63, 3.8) is 0 Å². The number of para-hydroxylation sites is 1. The van der Waals surface area contributed by atoms with Crippen LogP contribution in [0.15, 0.2) is 24.3 Å². The van der Waals surface area contributed by atoms with Gasteiger partial charge in [-0.25, -0.2) is 0 Å². The highest BCUT2D eigenvalue weighted by molar-refractivity contribution is 8.00. The lowest BCUT2D eigenvalue weighted by molar-refractivity contribution is -0.0329. The van der Waals surface area contributed by atoms with Crippen LogP contribution in [0.2, 0.25) is 0 Å². The van der Waals surface area contributed by atoms with E-state index in [1.165, 1.54) is 0 Å². The fraction of sp³-hybridized carbons (Fsp3) is 0.500. The van der Waals surface area contributed by atoms with Crippen molar-refractivity contribution in [1.29, 1.82) is 0 Å². The van der Waals surface area contributed by atoms with Gasteiger partial charge in [-0.2, -0.15) is 13.2 Å². The van der Waals surface area contributed by atoms with Gasteiger partial charge in [0.05, 0.1) is 12.7 Å². The number of alkyl halides is 3. The molecule has 18 heavy (non-hydrogen) atoms. The average molecular weight is 280 g/mol. The predicted molar refractivity (Wildman–Crippen MR) is 65.7 cm³/mol. The molecule has 1 atom stereocenters. The first-order chi connectivity index (χ1) is 8.44. The summed E-state index contributed by atoms with van der Waals surface area (Å²) in [5.74, 6) is 0.273. The van der Waals surface area contributed by atoms with Crippen molar-refractivity contribution in [3.05, 3.63) is 29.8 Å². The SMILES string of the molecule is CC[C@H](O)c1ccccc1OCCSC(F)(F)F. The Morgan fingerprint density at radius 1 is 1.33 bits per heavy atom. The molecule has 0 aliphatic heterocycles. The summed E-state index contributed by atoms with van der Waals surface area (Å²) in [7, 11) is 0. The molecule has 1 N–H and O–H groups in total. The molecule has 0 amide bonds. The van der Waals surface area contributed by atoms with Crippen molar-refractivity contribution in [1.82, 2.24) is 0 Å². The van der Waals surface area contributed by atoms with Gasteiger partial charge >= 0.3 is 5.51 Å². The number of hydrogen-bond acceptors (Lipinski definition) is 3. The minimum atomic E-state index is -4.23. The summed E-state index contributed by atoms with van der Waals surface area (Å²) in [6, 6.07) is 6.83. The smallest absolute Gasteiger partial charge is 0.441 e. The molecule has 6 heteroatoms. The maximum atomic E-state index is 11.9. The standard InChI is InChI=1S/C12H15F3O2S/c1-2-10(16)9-5-3-4-6-11(9)17-7-8-18-12(13,14)15/h3-6,10,16H,2,7-8H2,1H3/t10-/m0/s1. The second kappa shape index (κ2) is 6.89. The molecule has 2 nitrogen and oxygen atoms in total. The summed E-state index contributed by atoms with van der Waals surface area (Å²) in [5, 5.41) is 9.73. The molecule has 0 saturated heterocycles. The number of thioether (sulfide) groups is 1. The lowest BCUT2D eigenvalue weighted by Gasteiger charge is -2.15. The van der Waals surface area contributed by atoms with Gasteiger partial charge in [0.25, 0.3) is 0 Å². The summed E-state index contributed by atoms with van der Waals surface area (Å²) < 4.78 is 41.0. The Kier molecular flexibility index (Phi) is 5.81. The van der Waals surface area contributed by atoms with Gasteiger partial charge in [-0.15, -0.1) is 0 Å². The van der Waals surface area contributed by atoms with E-state index in [-0.39, 0.29) is 24.1 Å². The molecule has 0 spiro atoms. The maximum absolute atomic E-state index is 11.9. The Bertz CT molecular complexity index is 369. The molecule has 1 aromatic rings. The van der Waals surface area contributed by atoms with Crippen LogP contribution in [0.1, 0.15) is 25.0 Å². The predicted octanol–water partition coefficient (Wildman–Crippen LogP) is 3.76. The third-order valence-electron chi connectivity index (χ3n) is 2.27. The van der Waals surface area contributed by atoms with Crippen LogP contribution in [0.3, 0.4) is 0 Å². The number of ether oxygens (including phenoxy) is 1. The third kappa shape index (κ3) is 5.18. The number of aliphatic hydroxyl groups is 1. The van der Waals surface area contributed by atoms with Crippen molar-refractivity contribution < 1.29 is 23.0 Å². The fourth-order valence-electron chi connectivity index (χ4n) is 1.42. The number of halogens is 3. The molecule has 0 unspecified atom stereocenters. The molecule has 0 aliphatic carbocycles. The normalized spacial score (nSPS) is 13.4. The largest absolute Gasteiger partial charge is 0.492 e. The third-order valence-corrected chi connectivity index (χ3v) is 2.97. The van der Waals surface area contributed by atoms with Gasteiger partial charge in [-0.3, -0.25) is 0 Å². The minimum Gasteiger partial charge on any atom is -0.492 e. The van der Waals surface area contributed by atoms with Crippen LogP contribution in [0.4, 0.5) is 13.2 Å². The lowest BCUT2D eigenvalue weighted by Crippen LogP contribution is -2.09. The summed E-state index contributed by atoms with van der Waals surface area (Å²) in [5.41, 5.74) is -3.62. The Morgan fingerprint density at radius 3 is 2.61 bits per heavy atom. The first-order valence-corrected chi connectivity index (χ1v) is 6.53. The zero-order chi connectivity index (χ0) is 13.6. The molecule has 0 bridgehead atoms. The number of aliphatic hydroxyl groups excluding tert-OH is 1. The van der Waals surface area contributed by atoms with Crippen LogP contribution >= 0.6 is 11.8 Å². The molecule has 0 saturated carbocycles. The maximum Gasteiger partial charge on any atom is 0.441 e. The molecule has 0 aliphatic rings. The van der Waals surface area contributed by atoms with Gasteiger partial charge in [0.1, 0.15) is 5.75 Å². The first-order valence-electron chi connectivity index (χ1n) is 5.54. The van der Waals surface area contributed by atoms with E-state index >= 15 is 0 Å². The van der Waals surface area contributed by atoms with Crippen molar-refractivity contribution in [2.45, 2.75) is 25.0 Å². The highest BCUT2D eigenvalue weighted by Gasteiger charge is 2.27. The van der Waals surface area contributed by atoms with Crippen LogP contribution < -0.4 is 4.74 Å². The van der Waals surface area contributed by atoms with Crippen molar-refractivity contribution in [2.24, 2.45) is 0 Å². The first kappa shape index (κ1) is 15.2. The lowest BCUT2D eigenvalue weighted by atomic mass is 10.1. The van der Waals surface area contributed by atoms with E-state index in [0.717, 1.165) is 0 Å². The highest BCUT2D eigenvalue weighted by atomic mass is 32.2. The molecule has 1 aromatic carbocycles. The fourth-order valence-corrected chi connectivity index (χ4v) is 1.81. The molecule has 0 aromatic heterocycles. The van der Waals surface area contributed by atoms with E-state index in [0.29, 0.717) is 17.7 Å². The van der Waals surface area contributed by atoms with Gasteiger partial charge < -0.3 is 9.84 Å². The van der Waals surface area contributed by atoms with Gasteiger partial charge in [-0.05, 0) is 24.2 Å². The average Bonchev–Trinajstić information content (AvgIpc) is 2.33. The van der Waals surface area contributed by atoms with Crippen molar-refractivity contribution in [2.75, 3.05) is 12.4 Å². The van der Waals surface area contributed by atoms with Crippen LogP contribution in [0.5, 0.6) is 5.75 Å². The van der Waals surface area contributed by atoms with E-state index < -0.39 is 11.6 Å². The van der Waals surface area contributed by atoms with Crippen molar-refractivity contribution >= 4 is 11.8 Å². The van der Waals surface area contributed by atoms with E-state index in [4.69, 9.17) is 4.74 Å². The van der Waals surface area contributed by atoms with Crippen LogP contribution in [-0.2, 0) is 0 Å². The van der Waals surface area contributed by atoms with Gasteiger partial charge in [0, 0.05) is 11.3 Å². The Hall–Kier alpha value is -0.880. The number of hydrogen-bond donors (Lipinski definition) is 1. The van der Waals surface area contributed by atoms with Gasteiger partial charge in [0.2, 0.25) is 0 Å². The van der Waals surface area contributed by atoms with Gasteiger partial charge in [0.15, 0.2) is 0 Å². The zero-order valence-electron chi connectivity index (χ0n) is 9.91. The summed E-state index contributed by atoms with van der Waals surface area (Å²) in [6.07, 6.45) is -0.131. The van der Waals surface area contributed by atoms with Crippen LogP contribution in [0.25, 0.3) is 0 Å². The molecule has 0 radical (unpaired) electrons. The highest BCUT2D eigenvalue weighted by Crippen LogP contribution is 2.31. The molecule has 1 rings (SSSR count). The van der Waals surface area contributed by atoms with Crippen LogP contribution in [-0.4, -0.2) is 23.0 Å². The molecule has 102 valence electrons. The Morgan fingerprint density at radius 2 is 2.00 bits per heavy atom. The van der Waals surface area contributed by atoms with Gasteiger partial charge in [-0.1, -0.05) is 25.1 Å². The van der Waals surface area contributed by atoms with E-state index in [2.05, 4.69) is 0 Å². The van der Waals surface area contributed by atoms with E-state index in [9.17, 15) is 18.3 Å². The molecule has 0 heterocycles. The summed E-state index contributed by atoms with van der Waals surface area (Å²) >= 11 is -0.115. The Balaban J connectivity index is 2.52. The zero-order valence-corrected chi connectivity index (χ0v) is 10.7. The number of benzene rings is 1. The van der Waals surface area contributed by atoms with E-state index in [1.54, 1.807) is 24.3 Å². The topological polar surface area (TPSA) is 29.5 Å². The second-order valence-electron chi connectivity index (χ2n) is 3.60. The van der Waals surface area contributed by atoms with Crippen LogP contribution in [0, 0.1) is 0 Å².